The molecule has 6 nitrogen and oxygen atoms in total. The molecule has 0 aliphatic carbocycles. The number of Topliss-reactive ketones (excluding diaryl/α,β-unsaturated/α-hetero) is 1. The van der Waals surface area contributed by atoms with E-state index in [4.69, 9.17) is 9.26 Å². The lowest BCUT2D eigenvalue weighted by molar-refractivity contribution is -0.120. The topological polar surface area (TPSA) is 72.6 Å². The quantitative estimate of drug-likeness (QED) is 0.800. The smallest absolute Gasteiger partial charge is 0.410 e. The maximum absolute atomic E-state index is 13.8. The highest BCUT2D eigenvalue weighted by atomic mass is 19.1. The van der Waals surface area contributed by atoms with E-state index in [1.807, 2.05) is 0 Å². The zero-order valence-corrected chi connectivity index (χ0v) is 14.5. The molecule has 2 atom stereocenters. The number of cyclic esters (lactones) is 1. The molecule has 2 saturated heterocycles. The van der Waals surface area contributed by atoms with Crippen molar-refractivity contribution in [3.05, 3.63) is 41.7 Å². The van der Waals surface area contributed by atoms with Crippen LogP contribution in [-0.2, 0) is 16.0 Å². The minimum atomic E-state index is -0.735. The van der Waals surface area contributed by atoms with E-state index in [0.717, 1.165) is 25.0 Å². The van der Waals surface area contributed by atoms with Crippen LogP contribution in [-0.4, -0.2) is 41.1 Å². The Morgan fingerprint density at radius 3 is 2.96 bits per heavy atom. The number of halogens is 2. The summed E-state index contributed by atoms with van der Waals surface area (Å²) in [6, 6.07) is 4.76. The van der Waals surface area contributed by atoms with Crippen molar-refractivity contribution in [2.75, 3.05) is 13.2 Å². The number of rotatable bonds is 5. The zero-order chi connectivity index (χ0) is 19.0. The molecule has 4 rings (SSSR count). The number of ketones is 1. The van der Waals surface area contributed by atoms with Gasteiger partial charge in [-0.3, -0.25) is 4.79 Å². The van der Waals surface area contributed by atoms with Gasteiger partial charge >= 0.3 is 6.09 Å². The summed E-state index contributed by atoms with van der Waals surface area (Å²) in [6.07, 6.45) is 1.70. The largest absolute Gasteiger partial charge is 0.447 e. The van der Waals surface area contributed by atoms with E-state index in [1.165, 1.54) is 12.1 Å². The van der Waals surface area contributed by atoms with Gasteiger partial charge in [0.15, 0.2) is 0 Å². The second-order valence-corrected chi connectivity index (χ2v) is 7.04. The number of carbonyl (C=O) groups excluding carboxylic acids is 2. The number of benzene rings is 1. The fourth-order valence-electron chi connectivity index (χ4n) is 3.78. The van der Waals surface area contributed by atoms with Crippen LogP contribution in [0.15, 0.2) is 28.8 Å². The normalized spacial score (nSPS) is 21.9. The third-order valence-corrected chi connectivity index (χ3v) is 5.11. The van der Waals surface area contributed by atoms with Crippen LogP contribution in [0.2, 0.25) is 0 Å². The summed E-state index contributed by atoms with van der Waals surface area (Å²) < 4.78 is 37.0. The van der Waals surface area contributed by atoms with Crippen molar-refractivity contribution in [2.45, 2.75) is 31.7 Å². The number of amides is 1. The van der Waals surface area contributed by atoms with Crippen LogP contribution in [0.25, 0.3) is 11.3 Å². The Kier molecular flexibility index (Phi) is 4.63. The Labute approximate surface area is 154 Å². The molecule has 3 heterocycles. The number of aromatic nitrogens is 1. The SMILES string of the molecule is O=C(Cc1cc(-c2ccc(F)cc2F)no1)C[C@H]1CCN2C(=O)OC[C@H]2C1. The van der Waals surface area contributed by atoms with Crippen LogP contribution >= 0.6 is 0 Å². The maximum atomic E-state index is 13.8. The van der Waals surface area contributed by atoms with Gasteiger partial charge in [0.2, 0.25) is 0 Å². The molecule has 0 unspecified atom stereocenters. The van der Waals surface area contributed by atoms with E-state index in [-0.39, 0.29) is 41.5 Å². The van der Waals surface area contributed by atoms with Gasteiger partial charge in [0.25, 0.3) is 0 Å². The minimum Gasteiger partial charge on any atom is -0.447 e. The van der Waals surface area contributed by atoms with Gasteiger partial charge < -0.3 is 14.2 Å². The van der Waals surface area contributed by atoms with Crippen LogP contribution in [0.4, 0.5) is 13.6 Å². The van der Waals surface area contributed by atoms with Crippen LogP contribution in [0.1, 0.15) is 25.0 Å². The Bertz CT molecular complexity index is 882. The molecule has 142 valence electrons. The number of carbonyl (C=O) groups is 2. The molecule has 27 heavy (non-hydrogen) atoms. The third kappa shape index (κ3) is 3.70. The van der Waals surface area contributed by atoms with Crippen molar-refractivity contribution in [3.63, 3.8) is 0 Å². The number of hydrogen-bond donors (Lipinski definition) is 0. The summed E-state index contributed by atoms with van der Waals surface area (Å²) in [5.41, 5.74) is 0.349. The van der Waals surface area contributed by atoms with Crippen molar-refractivity contribution < 1.29 is 27.6 Å². The molecular formula is C19H18F2N2O4. The standard InChI is InChI=1S/C19H18F2N2O4/c20-12-1-2-16(17(21)7-12)18-9-15(27-22-18)8-14(24)6-11-3-4-23-13(5-11)10-26-19(23)25/h1-2,7,9,11,13H,3-6,8,10H2/t11-,13+/m0/s1. The highest BCUT2D eigenvalue weighted by molar-refractivity contribution is 5.81. The summed E-state index contributed by atoms with van der Waals surface area (Å²) in [5.74, 6) is -0.862. The number of nitrogens with zero attached hydrogens (tertiary/aromatic N) is 2. The molecular weight excluding hydrogens is 358 g/mol. The molecule has 0 radical (unpaired) electrons. The average Bonchev–Trinajstić information content (AvgIpc) is 3.22. The first-order valence-electron chi connectivity index (χ1n) is 8.85. The molecule has 0 spiro atoms. The second-order valence-electron chi connectivity index (χ2n) is 7.04. The Balaban J connectivity index is 1.35. The van der Waals surface area contributed by atoms with E-state index in [9.17, 15) is 18.4 Å². The predicted octanol–water partition coefficient (Wildman–Crippen LogP) is 3.35. The molecule has 2 aromatic rings. The molecule has 0 bridgehead atoms. The van der Waals surface area contributed by atoms with Gasteiger partial charge in [-0.1, -0.05) is 5.16 Å². The third-order valence-electron chi connectivity index (χ3n) is 5.11. The van der Waals surface area contributed by atoms with Gasteiger partial charge in [-0.25, -0.2) is 13.6 Å². The lowest BCUT2D eigenvalue weighted by Gasteiger charge is -2.32. The predicted molar refractivity (Wildman–Crippen MR) is 89.7 cm³/mol. The average molecular weight is 376 g/mol. The summed E-state index contributed by atoms with van der Waals surface area (Å²) in [7, 11) is 0. The van der Waals surface area contributed by atoms with Crippen molar-refractivity contribution in [1.29, 1.82) is 0 Å². The van der Waals surface area contributed by atoms with Crippen molar-refractivity contribution >= 4 is 11.9 Å². The van der Waals surface area contributed by atoms with Crippen LogP contribution in [0.5, 0.6) is 0 Å². The maximum Gasteiger partial charge on any atom is 0.410 e. The monoisotopic (exact) mass is 376 g/mol. The molecule has 2 fully saturated rings. The van der Waals surface area contributed by atoms with E-state index >= 15 is 0 Å². The fourth-order valence-corrected chi connectivity index (χ4v) is 3.78. The Morgan fingerprint density at radius 1 is 1.30 bits per heavy atom. The van der Waals surface area contributed by atoms with Gasteiger partial charge in [-0.15, -0.1) is 0 Å². The molecule has 1 amide bonds. The van der Waals surface area contributed by atoms with E-state index in [1.54, 1.807) is 4.90 Å². The fraction of sp³-hybridized carbons (Fsp3) is 0.421. The van der Waals surface area contributed by atoms with E-state index < -0.39 is 11.6 Å². The van der Waals surface area contributed by atoms with Crippen LogP contribution in [0, 0.1) is 17.6 Å². The van der Waals surface area contributed by atoms with Crippen molar-refractivity contribution in [2.24, 2.45) is 5.92 Å². The van der Waals surface area contributed by atoms with Gasteiger partial charge in [0.05, 0.1) is 12.5 Å². The first kappa shape index (κ1) is 17.6. The molecule has 8 heteroatoms. The lowest BCUT2D eigenvalue weighted by Crippen LogP contribution is -2.41. The number of hydrogen-bond acceptors (Lipinski definition) is 5. The zero-order valence-electron chi connectivity index (χ0n) is 14.5. The van der Waals surface area contributed by atoms with Crippen molar-refractivity contribution in [3.8, 4) is 11.3 Å². The van der Waals surface area contributed by atoms with Crippen LogP contribution in [0.3, 0.4) is 0 Å². The summed E-state index contributed by atoms with van der Waals surface area (Å²) in [5, 5.41) is 3.78. The number of piperidine rings is 1. The molecule has 2 aliphatic rings. The van der Waals surface area contributed by atoms with Gasteiger partial charge in [-0.2, -0.15) is 0 Å². The van der Waals surface area contributed by atoms with Crippen LogP contribution < -0.4 is 0 Å². The van der Waals surface area contributed by atoms with Gasteiger partial charge in [-0.05, 0) is 30.9 Å². The summed E-state index contributed by atoms with van der Waals surface area (Å²) in [6.45, 7) is 0.996. The minimum absolute atomic E-state index is 0.000898. The first-order valence-corrected chi connectivity index (χ1v) is 8.85. The summed E-state index contributed by atoms with van der Waals surface area (Å²) in [4.78, 5) is 25.6. The molecule has 2 aliphatic heterocycles. The highest BCUT2D eigenvalue weighted by Crippen LogP contribution is 2.30. The summed E-state index contributed by atoms with van der Waals surface area (Å²) >= 11 is 0. The van der Waals surface area contributed by atoms with E-state index in [2.05, 4.69) is 5.16 Å². The Morgan fingerprint density at radius 2 is 2.15 bits per heavy atom. The van der Waals surface area contributed by atoms with Gasteiger partial charge in [0, 0.05) is 30.7 Å². The molecule has 1 aromatic heterocycles. The lowest BCUT2D eigenvalue weighted by atomic mass is 9.87. The second kappa shape index (κ2) is 7.09. The number of ether oxygens (including phenoxy) is 1. The van der Waals surface area contributed by atoms with Crippen molar-refractivity contribution in [1.82, 2.24) is 10.1 Å². The molecule has 1 aromatic carbocycles. The highest BCUT2D eigenvalue weighted by Gasteiger charge is 2.38. The number of fused-ring (bicyclic) bond motifs is 1. The molecule has 0 N–H and O–H groups in total. The van der Waals surface area contributed by atoms with E-state index in [0.29, 0.717) is 25.3 Å². The Hall–Kier alpha value is -2.77. The van der Waals surface area contributed by atoms with Gasteiger partial charge in [0.1, 0.15) is 35.5 Å². The molecule has 0 saturated carbocycles. The first-order chi connectivity index (χ1) is 13.0.